The predicted molar refractivity (Wildman–Crippen MR) is 163 cm³/mol. The highest BCUT2D eigenvalue weighted by Crippen LogP contribution is 2.32. The summed E-state index contributed by atoms with van der Waals surface area (Å²) in [6.07, 6.45) is 5.66. The predicted octanol–water partition coefficient (Wildman–Crippen LogP) is 6.70. The lowest BCUT2D eigenvalue weighted by Gasteiger charge is -2.13. The van der Waals surface area contributed by atoms with Gasteiger partial charge in [-0.15, -0.1) is 0 Å². The Morgan fingerprint density at radius 3 is 1.77 bits per heavy atom. The number of methoxy groups -OCH3 is 2. The van der Waals surface area contributed by atoms with Crippen molar-refractivity contribution in [1.29, 1.82) is 0 Å². The molecule has 9 nitrogen and oxygen atoms in total. The van der Waals surface area contributed by atoms with Crippen LogP contribution in [0.4, 0.5) is 0 Å². The minimum atomic E-state index is -0.655. The molecule has 0 heterocycles. The van der Waals surface area contributed by atoms with E-state index in [0.717, 1.165) is 11.6 Å². The molecule has 0 radical (unpaired) electrons. The van der Waals surface area contributed by atoms with Gasteiger partial charge in [0.1, 0.15) is 5.75 Å². The molecule has 3 aromatic carbocycles. The Hall–Kier alpha value is -5.31. The second-order valence-corrected chi connectivity index (χ2v) is 8.72. The summed E-state index contributed by atoms with van der Waals surface area (Å²) in [5, 5.41) is 0. The monoisotopic (exact) mass is 588 g/mol. The molecule has 0 aliphatic carbocycles. The number of carbonyl (C=O) groups is 3. The van der Waals surface area contributed by atoms with Crippen molar-refractivity contribution in [2.75, 3.05) is 27.4 Å². The van der Waals surface area contributed by atoms with Crippen molar-refractivity contribution < 1.29 is 42.8 Å². The molecule has 0 spiro atoms. The summed E-state index contributed by atoms with van der Waals surface area (Å²) in [5.41, 5.74) is 1.50. The topological polar surface area (TPSA) is 107 Å². The highest BCUT2D eigenvalue weighted by molar-refractivity contribution is 5.94. The fraction of sp³-hybridized carbons (Fsp3) is 0.206. The summed E-state index contributed by atoms with van der Waals surface area (Å²) in [4.78, 5) is 36.5. The largest absolute Gasteiger partial charge is 0.493 e. The molecular formula is C34H36O9. The Morgan fingerprint density at radius 1 is 0.674 bits per heavy atom. The van der Waals surface area contributed by atoms with Crippen LogP contribution in [0.25, 0.3) is 0 Å². The van der Waals surface area contributed by atoms with Crippen LogP contribution in [0, 0.1) is 6.92 Å². The molecule has 226 valence electrons. The van der Waals surface area contributed by atoms with Crippen molar-refractivity contribution in [3.05, 3.63) is 115 Å². The molecule has 3 rings (SSSR count). The van der Waals surface area contributed by atoms with Crippen LogP contribution in [0.5, 0.6) is 28.7 Å². The summed E-state index contributed by atoms with van der Waals surface area (Å²) in [7, 11) is 2.86. The van der Waals surface area contributed by atoms with Crippen molar-refractivity contribution in [1.82, 2.24) is 0 Å². The molecule has 0 fully saturated rings. The number of unbranched alkanes of at least 4 members (excludes halogenated alkanes) is 1. The van der Waals surface area contributed by atoms with Crippen LogP contribution in [0.15, 0.2) is 98.6 Å². The molecule has 0 atom stereocenters. The van der Waals surface area contributed by atoms with Crippen LogP contribution in [0.2, 0.25) is 0 Å². The first-order valence-corrected chi connectivity index (χ1v) is 13.3. The van der Waals surface area contributed by atoms with Gasteiger partial charge in [0, 0.05) is 6.08 Å². The van der Waals surface area contributed by atoms with Gasteiger partial charge in [0.25, 0.3) is 0 Å². The summed E-state index contributed by atoms with van der Waals surface area (Å²) in [6, 6.07) is 16.1. The van der Waals surface area contributed by atoms with Gasteiger partial charge in [0.05, 0.1) is 38.6 Å². The number of carbonyl (C=O) groups excluding carboxylic acids is 3. The standard InChI is InChI=1S/C30H30O9.C4H6/c1-5-28(31)37-17-7-6-16-36-24-14-10-22(18-26(24)34-3)30(33)39-25-15-11-21(19-27(25)35-4)29(32)38-23-12-8-20(2)9-13-23;1-3-4-2/h5,8-15,18-19H,1,6-7,16-17H2,2-4H3;3-4H,1-2H2. The van der Waals surface area contributed by atoms with Gasteiger partial charge in [-0.2, -0.15) is 0 Å². The fourth-order valence-electron chi connectivity index (χ4n) is 3.34. The van der Waals surface area contributed by atoms with Gasteiger partial charge in [-0.3, -0.25) is 0 Å². The Bertz CT molecular complexity index is 1400. The van der Waals surface area contributed by atoms with E-state index in [-0.39, 0.29) is 29.2 Å². The normalized spacial score (nSPS) is 9.74. The van der Waals surface area contributed by atoms with Gasteiger partial charge in [0.2, 0.25) is 0 Å². The number of ether oxygens (including phenoxy) is 6. The smallest absolute Gasteiger partial charge is 0.343 e. The third-order valence-corrected chi connectivity index (χ3v) is 5.61. The number of hydrogen-bond donors (Lipinski definition) is 0. The fourth-order valence-corrected chi connectivity index (χ4v) is 3.34. The van der Waals surface area contributed by atoms with Crippen LogP contribution in [0.1, 0.15) is 39.1 Å². The average molecular weight is 589 g/mol. The van der Waals surface area contributed by atoms with Gasteiger partial charge in [-0.05, 0) is 68.3 Å². The van der Waals surface area contributed by atoms with Crippen molar-refractivity contribution in [2.24, 2.45) is 0 Å². The number of rotatable bonds is 14. The maximum absolute atomic E-state index is 12.8. The maximum Gasteiger partial charge on any atom is 0.343 e. The van der Waals surface area contributed by atoms with Gasteiger partial charge in [0.15, 0.2) is 23.0 Å². The van der Waals surface area contributed by atoms with E-state index in [1.54, 1.807) is 36.4 Å². The Labute approximate surface area is 251 Å². The average Bonchev–Trinajstić information content (AvgIpc) is 3.03. The highest BCUT2D eigenvalue weighted by Gasteiger charge is 2.18. The molecule has 43 heavy (non-hydrogen) atoms. The van der Waals surface area contributed by atoms with E-state index >= 15 is 0 Å². The summed E-state index contributed by atoms with van der Waals surface area (Å²) < 4.78 is 32.3. The number of hydrogen-bond acceptors (Lipinski definition) is 9. The van der Waals surface area contributed by atoms with Gasteiger partial charge in [-0.1, -0.05) is 49.6 Å². The minimum Gasteiger partial charge on any atom is -0.493 e. The van der Waals surface area contributed by atoms with Crippen LogP contribution in [-0.2, 0) is 9.53 Å². The molecule has 0 amide bonds. The van der Waals surface area contributed by atoms with E-state index in [2.05, 4.69) is 19.7 Å². The lowest BCUT2D eigenvalue weighted by molar-refractivity contribution is -0.137. The minimum absolute atomic E-state index is 0.130. The molecule has 0 aromatic heterocycles. The summed E-state index contributed by atoms with van der Waals surface area (Å²) in [5.74, 6) is -0.164. The Balaban J connectivity index is 0.00000151. The first-order valence-electron chi connectivity index (χ1n) is 13.3. The zero-order valence-corrected chi connectivity index (χ0v) is 24.6. The third-order valence-electron chi connectivity index (χ3n) is 5.61. The van der Waals surface area contributed by atoms with E-state index in [9.17, 15) is 14.4 Å². The SMILES string of the molecule is C=CC(=O)OCCCCOc1ccc(C(=O)Oc2ccc(C(=O)Oc3ccc(C)cc3)cc2OC)cc1OC.C=CC=C. The van der Waals surface area contributed by atoms with E-state index in [0.29, 0.717) is 36.7 Å². The maximum atomic E-state index is 12.8. The first-order chi connectivity index (χ1) is 20.8. The van der Waals surface area contributed by atoms with E-state index in [1.165, 1.54) is 38.5 Å². The Kier molecular flexibility index (Phi) is 14.3. The highest BCUT2D eigenvalue weighted by atomic mass is 16.6. The molecular weight excluding hydrogens is 552 g/mol. The summed E-state index contributed by atoms with van der Waals surface area (Å²) >= 11 is 0. The molecule has 0 unspecified atom stereocenters. The number of benzene rings is 3. The van der Waals surface area contributed by atoms with Crippen molar-refractivity contribution in [3.63, 3.8) is 0 Å². The van der Waals surface area contributed by atoms with E-state index in [4.69, 9.17) is 28.4 Å². The van der Waals surface area contributed by atoms with Crippen LogP contribution >= 0.6 is 0 Å². The second kappa shape index (κ2) is 18.2. The number of allylic oxidation sites excluding steroid dienone is 2. The molecule has 0 bridgehead atoms. The van der Waals surface area contributed by atoms with Crippen molar-refractivity contribution in [2.45, 2.75) is 19.8 Å². The second-order valence-electron chi connectivity index (χ2n) is 8.72. The first kappa shape index (κ1) is 33.9. The van der Waals surface area contributed by atoms with Crippen molar-refractivity contribution >= 4 is 17.9 Å². The van der Waals surface area contributed by atoms with Crippen LogP contribution in [-0.4, -0.2) is 45.3 Å². The zero-order valence-electron chi connectivity index (χ0n) is 24.6. The molecule has 0 N–H and O–H groups in total. The number of esters is 3. The molecule has 0 aliphatic heterocycles. The molecule has 0 saturated heterocycles. The Morgan fingerprint density at radius 2 is 1.21 bits per heavy atom. The molecule has 9 heteroatoms. The quantitative estimate of drug-likeness (QED) is 0.0669. The third kappa shape index (κ3) is 11.2. The van der Waals surface area contributed by atoms with E-state index in [1.807, 2.05) is 19.1 Å². The van der Waals surface area contributed by atoms with Crippen LogP contribution in [0.3, 0.4) is 0 Å². The van der Waals surface area contributed by atoms with E-state index < -0.39 is 17.9 Å². The zero-order chi connectivity index (χ0) is 31.6. The number of aryl methyl sites for hydroxylation is 1. The molecule has 3 aromatic rings. The molecule has 0 saturated carbocycles. The lowest BCUT2D eigenvalue weighted by atomic mass is 10.2. The van der Waals surface area contributed by atoms with Crippen molar-refractivity contribution in [3.8, 4) is 28.7 Å². The van der Waals surface area contributed by atoms with Gasteiger partial charge < -0.3 is 28.4 Å². The summed E-state index contributed by atoms with van der Waals surface area (Å²) in [6.45, 7) is 12.6. The van der Waals surface area contributed by atoms with Gasteiger partial charge >= 0.3 is 17.9 Å². The van der Waals surface area contributed by atoms with Gasteiger partial charge in [-0.25, -0.2) is 14.4 Å². The van der Waals surface area contributed by atoms with Crippen LogP contribution < -0.4 is 23.7 Å². The molecule has 0 aliphatic rings. The lowest BCUT2D eigenvalue weighted by Crippen LogP contribution is -2.12.